The van der Waals surface area contributed by atoms with Crippen LogP contribution in [0.25, 0.3) is 11.1 Å². The average Bonchev–Trinajstić information content (AvgIpc) is 2.48. The molecule has 0 aliphatic rings. The van der Waals surface area contributed by atoms with E-state index in [-0.39, 0.29) is 11.9 Å². The summed E-state index contributed by atoms with van der Waals surface area (Å²) in [6.45, 7) is 1.96. The van der Waals surface area contributed by atoms with Gasteiger partial charge in [-0.3, -0.25) is 4.79 Å². The maximum Gasteiger partial charge on any atom is 0.224 e. The van der Waals surface area contributed by atoms with Crippen molar-refractivity contribution in [2.75, 3.05) is 5.32 Å². The lowest BCUT2D eigenvalue weighted by Crippen LogP contribution is -2.17. The smallest absolute Gasteiger partial charge is 0.224 e. The quantitative estimate of drug-likeness (QED) is 0.846. The molecule has 3 N–H and O–H groups in total. The number of nitrogens with two attached hydrogens (primary N) is 1. The molecule has 2 aromatic carbocycles. The molecular formula is C18H22N2O. The molecule has 110 valence electrons. The lowest BCUT2D eigenvalue weighted by Gasteiger charge is -2.11. The van der Waals surface area contributed by atoms with Gasteiger partial charge in [0.2, 0.25) is 5.91 Å². The van der Waals surface area contributed by atoms with E-state index in [4.69, 9.17) is 5.73 Å². The van der Waals surface area contributed by atoms with Gasteiger partial charge in [0.25, 0.3) is 0 Å². The van der Waals surface area contributed by atoms with E-state index in [0.29, 0.717) is 6.42 Å². The molecule has 1 atom stereocenters. The number of carbonyl (C=O) groups excluding carboxylic acids is 1. The van der Waals surface area contributed by atoms with Crippen molar-refractivity contribution in [3.63, 3.8) is 0 Å². The van der Waals surface area contributed by atoms with E-state index in [1.165, 1.54) is 0 Å². The van der Waals surface area contributed by atoms with Crippen molar-refractivity contribution in [2.24, 2.45) is 5.73 Å². The largest absolute Gasteiger partial charge is 0.328 e. The molecule has 1 unspecified atom stereocenters. The summed E-state index contributed by atoms with van der Waals surface area (Å²) in [6.07, 6.45) is 2.19. The number of hydrogen-bond donors (Lipinski definition) is 2. The third-order valence-corrected chi connectivity index (χ3v) is 3.35. The molecule has 0 fully saturated rings. The zero-order valence-electron chi connectivity index (χ0n) is 12.4. The van der Waals surface area contributed by atoms with Gasteiger partial charge in [0.1, 0.15) is 0 Å². The Hall–Kier alpha value is -2.13. The maximum absolute atomic E-state index is 12.0. The first-order chi connectivity index (χ1) is 10.2. The van der Waals surface area contributed by atoms with Crippen LogP contribution in [-0.2, 0) is 4.79 Å². The highest BCUT2D eigenvalue weighted by atomic mass is 16.1. The van der Waals surface area contributed by atoms with Gasteiger partial charge >= 0.3 is 0 Å². The maximum atomic E-state index is 12.0. The number of benzene rings is 2. The van der Waals surface area contributed by atoms with E-state index in [9.17, 15) is 4.79 Å². The topological polar surface area (TPSA) is 55.1 Å². The van der Waals surface area contributed by atoms with Gasteiger partial charge in [-0.15, -0.1) is 0 Å². The standard InChI is InChI=1S/C18H22N2O/c1-14(19)8-7-13-18(21)20-17-12-6-5-11-16(17)15-9-3-2-4-10-15/h2-6,9-12,14H,7-8,13,19H2,1H3,(H,20,21). The highest BCUT2D eigenvalue weighted by Crippen LogP contribution is 2.27. The van der Waals surface area contributed by atoms with Gasteiger partial charge in [-0.2, -0.15) is 0 Å². The summed E-state index contributed by atoms with van der Waals surface area (Å²) < 4.78 is 0. The molecule has 2 aromatic rings. The molecule has 3 heteroatoms. The molecular weight excluding hydrogens is 260 g/mol. The predicted molar refractivity (Wildman–Crippen MR) is 88.0 cm³/mol. The molecule has 0 aliphatic heterocycles. The summed E-state index contributed by atoms with van der Waals surface area (Å²) in [5.74, 6) is 0.0408. The minimum absolute atomic E-state index is 0.0408. The van der Waals surface area contributed by atoms with Crippen molar-refractivity contribution in [3.05, 3.63) is 54.6 Å². The third kappa shape index (κ3) is 4.72. The number of carbonyl (C=O) groups is 1. The Labute approximate surface area is 126 Å². The fourth-order valence-electron chi connectivity index (χ4n) is 2.26. The molecule has 0 saturated heterocycles. The normalized spacial score (nSPS) is 11.9. The van der Waals surface area contributed by atoms with Crippen LogP contribution in [0.1, 0.15) is 26.2 Å². The van der Waals surface area contributed by atoms with E-state index in [2.05, 4.69) is 5.32 Å². The second-order valence-electron chi connectivity index (χ2n) is 5.33. The van der Waals surface area contributed by atoms with E-state index >= 15 is 0 Å². The van der Waals surface area contributed by atoms with Gasteiger partial charge in [0.05, 0.1) is 0 Å². The monoisotopic (exact) mass is 282 g/mol. The van der Waals surface area contributed by atoms with Crippen LogP contribution in [-0.4, -0.2) is 11.9 Å². The van der Waals surface area contributed by atoms with Crippen molar-refractivity contribution >= 4 is 11.6 Å². The molecule has 0 heterocycles. The van der Waals surface area contributed by atoms with E-state index in [0.717, 1.165) is 29.7 Å². The fourth-order valence-corrected chi connectivity index (χ4v) is 2.26. The Morgan fingerprint density at radius 2 is 1.76 bits per heavy atom. The molecule has 0 aliphatic carbocycles. The number of anilines is 1. The van der Waals surface area contributed by atoms with Crippen molar-refractivity contribution in [2.45, 2.75) is 32.2 Å². The lowest BCUT2D eigenvalue weighted by atomic mass is 10.0. The number of para-hydroxylation sites is 1. The minimum Gasteiger partial charge on any atom is -0.328 e. The van der Waals surface area contributed by atoms with Crippen LogP contribution in [0.2, 0.25) is 0 Å². The van der Waals surface area contributed by atoms with E-state index < -0.39 is 0 Å². The first kappa shape index (κ1) is 15.3. The SMILES string of the molecule is CC(N)CCCC(=O)Nc1ccccc1-c1ccccc1. The summed E-state index contributed by atoms with van der Waals surface area (Å²) in [4.78, 5) is 12.0. The van der Waals surface area contributed by atoms with Crippen LogP contribution in [0.4, 0.5) is 5.69 Å². The summed E-state index contributed by atoms with van der Waals surface area (Å²) in [6, 6.07) is 18.1. The van der Waals surface area contributed by atoms with Gasteiger partial charge in [0, 0.05) is 23.7 Å². The minimum atomic E-state index is 0.0408. The van der Waals surface area contributed by atoms with Crippen LogP contribution in [0, 0.1) is 0 Å². The summed E-state index contributed by atoms with van der Waals surface area (Å²) in [7, 11) is 0. The van der Waals surface area contributed by atoms with Gasteiger partial charge < -0.3 is 11.1 Å². The van der Waals surface area contributed by atoms with Gasteiger partial charge in [-0.05, 0) is 31.4 Å². The summed E-state index contributed by atoms with van der Waals surface area (Å²) in [5, 5.41) is 3.00. The lowest BCUT2D eigenvalue weighted by molar-refractivity contribution is -0.116. The number of amides is 1. The Morgan fingerprint density at radius 1 is 1.10 bits per heavy atom. The first-order valence-corrected chi connectivity index (χ1v) is 7.36. The third-order valence-electron chi connectivity index (χ3n) is 3.35. The predicted octanol–water partition coefficient (Wildman–Crippen LogP) is 3.81. The van der Waals surface area contributed by atoms with E-state index in [1.807, 2.05) is 61.5 Å². The Bertz CT molecular complexity index is 579. The molecule has 0 bridgehead atoms. The molecule has 1 amide bonds. The molecule has 0 aromatic heterocycles. The molecule has 0 saturated carbocycles. The van der Waals surface area contributed by atoms with Crippen molar-refractivity contribution < 1.29 is 4.79 Å². The molecule has 0 radical (unpaired) electrons. The van der Waals surface area contributed by atoms with Gasteiger partial charge in [-0.25, -0.2) is 0 Å². The van der Waals surface area contributed by atoms with Crippen molar-refractivity contribution in [1.82, 2.24) is 0 Å². The fraction of sp³-hybridized carbons (Fsp3) is 0.278. The van der Waals surface area contributed by atoms with Crippen LogP contribution in [0.15, 0.2) is 54.6 Å². The highest BCUT2D eigenvalue weighted by molar-refractivity contribution is 5.95. The van der Waals surface area contributed by atoms with E-state index in [1.54, 1.807) is 0 Å². The zero-order chi connectivity index (χ0) is 15.1. The molecule has 0 spiro atoms. The second-order valence-corrected chi connectivity index (χ2v) is 5.33. The molecule has 21 heavy (non-hydrogen) atoms. The van der Waals surface area contributed by atoms with Crippen LogP contribution in [0.3, 0.4) is 0 Å². The summed E-state index contributed by atoms with van der Waals surface area (Å²) in [5.41, 5.74) is 8.70. The zero-order valence-corrected chi connectivity index (χ0v) is 12.4. The Kier molecular flexibility index (Phi) is 5.52. The number of nitrogens with one attached hydrogen (secondary N) is 1. The first-order valence-electron chi connectivity index (χ1n) is 7.36. The highest BCUT2D eigenvalue weighted by Gasteiger charge is 2.08. The van der Waals surface area contributed by atoms with Crippen molar-refractivity contribution in [1.29, 1.82) is 0 Å². The summed E-state index contributed by atoms with van der Waals surface area (Å²) >= 11 is 0. The van der Waals surface area contributed by atoms with Crippen LogP contribution < -0.4 is 11.1 Å². The Balaban J connectivity index is 2.05. The average molecular weight is 282 g/mol. The van der Waals surface area contributed by atoms with Gasteiger partial charge in [-0.1, -0.05) is 48.5 Å². The second kappa shape index (κ2) is 7.60. The van der Waals surface area contributed by atoms with Crippen LogP contribution in [0.5, 0.6) is 0 Å². The Morgan fingerprint density at radius 3 is 2.48 bits per heavy atom. The molecule has 3 nitrogen and oxygen atoms in total. The van der Waals surface area contributed by atoms with Gasteiger partial charge in [0.15, 0.2) is 0 Å². The number of rotatable bonds is 6. The number of hydrogen-bond acceptors (Lipinski definition) is 2. The van der Waals surface area contributed by atoms with Crippen LogP contribution >= 0.6 is 0 Å². The molecule has 2 rings (SSSR count). The van der Waals surface area contributed by atoms with Crippen molar-refractivity contribution in [3.8, 4) is 11.1 Å².